The summed E-state index contributed by atoms with van der Waals surface area (Å²) in [4.78, 5) is 0. The van der Waals surface area contributed by atoms with E-state index in [1.54, 1.807) is 0 Å². The average molecular weight is 257 g/mol. The van der Waals surface area contributed by atoms with E-state index in [0.717, 1.165) is 65.2 Å². The Hall–Kier alpha value is -0.160. The van der Waals surface area contributed by atoms with Crippen LogP contribution in [0.5, 0.6) is 0 Å². The summed E-state index contributed by atoms with van der Waals surface area (Å²) in [5, 5.41) is 3.34. The summed E-state index contributed by atoms with van der Waals surface area (Å²) in [5.74, 6) is 0.692. The molecule has 0 bridgehead atoms. The van der Waals surface area contributed by atoms with Crippen LogP contribution >= 0.6 is 0 Å². The third-order valence-electron chi connectivity index (χ3n) is 3.82. The van der Waals surface area contributed by atoms with Gasteiger partial charge in [-0.3, -0.25) is 0 Å². The van der Waals surface area contributed by atoms with Crippen molar-refractivity contribution in [3.63, 3.8) is 0 Å². The summed E-state index contributed by atoms with van der Waals surface area (Å²) in [6.07, 6.45) is 5.31. The summed E-state index contributed by atoms with van der Waals surface area (Å²) in [6.45, 7) is 7.57. The van der Waals surface area contributed by atoms with Gasteiger partial charge in [-0.2, -0.15) is 0 Å². The fourth-order valence-electron chi connectivity index (χ4n) is 2.64. The van der Waals surface area contributed by atoms with Crippen LogP contribution in [0.2, 0.25) is 0 Å². The fraction of sp³-hybridized carbons (Fsp3) is 1.00. The molecule has 0 saturated carbocycles. The van der Waals surface area contributed by atoms with Gasteiger partial charge in [0.25, 0.3) is 0 Å². The van der Waals surface area contributed by atoms with Crippen molar-refractivity contribution in [1.82, 2.24) is 5.32 Å². The van der Waals surface area contributed by atoms with Gasteiger partial charge in [0.1, 0.15) is 0 Å². The molecule has 2 fully saturated rings. The first kappa shape index (κ1) is 14.3. The topological polar surface area (TPSA) is 39.7 Å². The fourth-order valence-corrected chi connectivity index (χ4v) is 2.64. The highest BCUT2D eigenvalue weighted by atomic mass is 16.5. The molecule has 4 nitrogen and oxygen atoms in total. The number of likely N-dealkylation sites (N-methyl/N-ethyl adjacent to an activating group) is 1. The molecule has 0 aromatic heterocycles. The first-order valence-corrected chi connectivity index (χ1v) is 7.40. The largest absolute Gasteiger partial charge is 0.381 e. The molecule has 18 heavy (non-hydrogen) atoms. The molecule has 4 heteroatoms. The first-order chi connectivity index (χ1) is 8.88. The van der Waals surface area contributed by atoms with E-state index in [9.17, 15) is 0 Å². The number of hydrogen-bond acceptors (Lipinski definition) is 4. The lowest BCUT2D eigenvalue weighted by Gasteiger charge is -2.22. The third kappa shape index (κ3) is 4.84. The van der Waals surface area contributed by atoms with Crippen molar-refractivity contribution in [3.8, 4) is 0 Å². The van der Waals surface area contributed by atoms with Crippen LogP contribution in [0.1, 0.15) is 32.6 Å². The second-order valence-electron chi connectivity index (χ2n) is 5.36. The molecule has 0 amide bonds. The molecule has 2 heterocycles. The van der Waals surface area contributed by atoms with Crippen LogP contribution in [-0.2, 0) is 14.2 Å². The second kappa shape index (κ2) is 8.10. The Balaban J connectivity index is 1.52. The molecule has 106 valence electrons. The summed E-state index contributed by atoms with van der Waals surface area (Å²) < 4.78 is 17.1. The Labute approximate surface area is 110 Å². The van der Waals surface area contributed by atoms with Gasteiger partial charge in [-0.1, -0.05) is 6.92 Å². The lowest BCUT2D eigenvalue weighted by Crippen LogP contribution is -2.28. The van der Waals surface area contributed by atoms with E-state index in [0.29, 0.717) is 18.1 Å². The Morgan fingerprint density at radius 3 is 2.61 bits per heavy atom. The Morgan fingerprint density at radius 2 is 1.83 bits per heavy atom. The van der Waals surface area contributed by atoms with E-state index >= 15 is 0 Å². The summed E-state index contributed by atoms with van der Waals surface area (Å²) >= 11 is 0. The van der Waals surface area contributed by atoms with E-state index in [4.69, 9.17) is 14.2 Å². The van der Waals surface area contributed by atoms with Crippen molar-refractivity contribution in [2.75, 3.05) is 39.5 Å². The molecular formula is C14H27NO3. The van der Waals surface area contributed by atoms with Crippen LogP contribution < -0.4 is 5.32 Å². The van der Waals surface area contributed by atoms with Crippen molar-refractivity contribution in [2.45, 2.75) is 44.8 Å². The number of nitrogens with one attached hydrogen (secondary N) is 1. The summed E-state index contributed by atoms with van der Waals surface area (Å²) in [6, 6.07) is 0. The molecule has 0 radical (unpaired) electrons. The molecule has 1 N–H and O–H groups in total. The molecule has 2 atom stereocenters. The lowest BCUT2D eigenvalue weighted by molar-refractivity contribution is -0.0345. The van der Waals surface area contributed by atoms with Crippen LogP contribution in [0.4, 0.5) is 0 Å². The maximum atomic E-state index is 5.94. The van der Waals surface area contributed by atoms with Gasteiger partial charge >= 0.3 is 0 Å². The monoisotopic (exact) mass is 257 g/mol. The molecule has 2 unspecified atom stereocenters. The highest BCUT2D eigenvalue weighted by Crippen LogP contribution is 2.20. The number of ether oxygens (including phenoxy) is 3. The van der Waals surface area contributed by atoms with Crippen LogP contribution in [0.3, 0.4) is 0 Å². The Morgan fingerprint density at radius 1 is 1.06 bits per heavy atom. The van der Waals surface area contributed by atoms with Crippen LogP contribution in [0, 0.1) is 5.92 Å². The van der Waals surface area contributed by atoms with Crippen LogP contribution in [0.15, 0.2) is 0 Å². The van der Waals surface area contributed by atoms with E-state index < -0.39 is 0 Å². The molecule has 2 saturated heterocycles. The predicted octanol–water partition coefficient (Wildman–Crippen LogP) is 1.59. The van der Waals surface area contributed by atoms with Gasteiger partial charge < -0.3 is 19.5 Å². The second-order valence-corrected chi connectivity index (χ2v) is 5.36. The van der Waals surface area contributed by atoms with Gasteiger partial charge in [0.15, 0.2) is 0 Å². The van der Waals surface area contributed by atoms with Gasteiger partial charge in [0, 0.05) is 26.4 Å². The standard InChI is InChI=1S/C14H27NO3/c1-2-15-9-13-3-4-14(18-13)11-17-10-12-5-7-16-8-6-12/h12-15H,2-11H2,1H3. The SMILES string of the molecule is CCNCC1CCC(COCC2CCOCC2)O1. The molecule has 2 aliphatic rings. The molecule has 2 aliphatic heterocycles. The zero-order chi connectivity index (χ0) is 12.6. The van der Waals surface area contributed by atoms with Crippen molar-refractivity contribution >= 4 is 0 Å². The predicted molar refractivity (Wildman–Crippen MR) is 70.8 cm³/mol. The van der Waals surface area contributed by atoms with Crippen molar-refractivity contribution in [2.24, 2.45) is 5.92 Å². The van der Waals surface area contributed by atoms with E-state index in [-0.39, 0.29) is 0 Å². The molecule has 2 rings (SSSR count). The smallest absolute Gasteiger partial charge is 0.0813 e. The Bertz CT molecular complexity index is 219. The van der Waals surface area contributed by atoms with Gasteiger partial charge in [0.2, 0.25) is 0 Å². The van der Waals surface area contributed by atoms with E-state index in [1.807, 2.05) is 0 Å². The van der Waals surface area contributed by atoms with Crippen LogP contribution in [0.25, 0.3) is 0 Å². The highest BCUT2D eigenvalue weighted by Gasteiger charge is 2.25. The van der Waals surface area contributed by atoms with Crippen molar-refractivity contribution in [1.29, 1.82) is 0 Å². The molecular weight excluding hydrogens is 230 g/mol. The summed E-state index contributed by atoms with van der Waals surface area (Å²) in [5.41, 5.74) is 0. The first-order valence-electron chi connectivity index (χ1n) is 7.40. The minimum atomic E-state index is 0.313. The summed E-state index contributed by atoms with van der Waals surface area (Å²) in [7, 11) is 0. The molecule has 0 aliphatic carbocycles. The Kier molecular flexibility index (Phi) is 6.41. The normalized spacial score (nSPS) is 29.8. The van der Waals surface area contributed by atoms with Crippen molar-refractivity contribution < 1.29 is 14.2 Å². The van der Waals surface area contributed by atoms with Gasteiger partial charge in [-0.05, 0) is 38.1 Å². The third-order valence-corrected chi connectivity index (χ3v) is 3.82. The maximum Gasteiger partial charge on any atom is 0.0813 e. The quantitative estimate of drug-likeness (QED) is 0.752. The van der Waals surface area contributed by atoms with Crippen molar-refractivity contribution in [3.05, 3.63) is 0 Å². The average Bonchev–Trinajstić information content (AvgIpc) is 2.85. The zero-order valence-electron chi connectivity index (χ0n) is 11.5. The number of hydrogen-bond donors (Lipinski definition) is 1. The van der Waals surface area contributed by atoms with Gasteiger partial charge in [0.05, 0.1) is 18.8 Å². The minimum absolute atomic E-state index is 0.313. The highest BCUT2D eigenvalue weighted by molar-refractivity contribution is 4.75. The van der Waals surface area contributed by atoms with E-state index in [1.165, 1.54) is 0 Å². The molecule has 0 spiro atoms. The number of rotatable bonds is 7. The minimum Gasteiger partial charge on any atom is -0.381 e. The maximum absolute atomic E-state index is 5.94. The molecule has 0 aromatic carbocycles. The van der Waals surface area contributed by atoms with Gasteiger partial charge in [-0.15, -0.1) is 0 Å². The van der Waals surface area contributed by atoms with Crippen LogP contribution in [-0.4, -0.2) is 51.7 Å². The zero-order valence-corrected chi connectivity index (χ0v) is 11.5. The lowest BCUT2D eigenvalue weighted by atomic mass is 10.0. The van der Waals surface area contributed by atoms with Gasteiger partial charge in [-0.25, -0.2) is 0 Å². The molecule has 0 aromatic rings. The van der Waals surface area contributed by atoms with E-state index in [2.05, 4.69) is 12.2 Å².